The maximum absolute atomic E-state index is 13.5. The summed E-state index contributed by atoms with van der Waals surface area (Å²) < 4.78 is 0. The molecule has 1 heterocycles. The summed E-state index contributed by atoms with van der Waals surface area (Å²) in [6.07, 6.45) is 3.12. The lowest BCUT2D eigenvalue weighted by Crippen LogP contribution is -2.56. The fourth-order valence-electron chi connectivity index (χ4n) is 4.44. The van der Waals surface area contributed by atoms with Gasteiger partial charge < -0.3 is 27.0 Å². The van der Waals surface area contributed by atoms with Crippen molar-refractivity contribution in [3.8, 4) is 0 Å². The van der Waals surface area contributed by atoms with Crippen molar-refractivity contribution in [3.63, 3.8) is 0 Å². The van der Waals surface area contributed by atoms with Gasteiger partial charge in [-0.2, -0.15) is 0 Å². The van der Waals surface area contributed by atoms with Crippen LogP contribution in [-0.4, -0.2) is 59.7 Å². The highest BCUT2D eigenvalue weighted by Gasteiger charge is 2.37. The molecule has 1 fully saturated rings. The summed E-state index contributed by atoms with van der Waals surface area (Å²) in [5.41, 5.74) is 12.4. The Hall–Kier alpha value is -3.72. The SMILES string of the molecule is NCCCC[C@H](NC(=O)[C@H](Cc1ccccc1)NC(=O)c1ccccc1)C(=O)N1CCC[C@@H]1C(N)=O. The van der Waals surface area contributed by atoms with Gasteiger partial charge in [0.1, 0.15) is 18.1 Å². The van der Waals surface area contributed by atoms with Gasteiger partial charge in [-0.3, -0.25) is 19.2 Å². The van der Waals surface area contributed by atoms with Gasteiger partial charge in [0.25, 0.3) is 5.91 Å². The number of unbranched alkanes of at least 4 members (excludes halogenated alkanes) is 1. The zero-order chi connectivity index (χ0) is 25.9. The molecule has 1 saturated heterocycles. The van der Waals surface area contributed by atoms with Crippen LogP contribution in [0.2, 0.25) is 0 Å². The van der Waals surface area contributed by atoms with Crippen molar-refractivity contribution in [1.82, 2.24) is 15.5 Å². The summed E-state index contributed by atoms with van der Waals surface area (Å²) >= 11 is 0. The minimum atomic E-state index is -0.907. The number of nitrogens with two attached hydrogens (primary N) is 2. The highest BCUT2D eigenvalue weighted by Crippen LogP contribution is 2.19. The number of carbonyl (C=O) groups excluding carboxylic acids is 4. The molecule has 3 atom stereocenters. The summed E-state index contributed by atoms with van der Waals surface area (Å²) in [5.74, 6) is -1.74. The molecule has 2 aromatic rings. The number of nitrogens with one attached hydrogen (secondary N) is 2. The molecule has 9 nitrogen and oxygen atoms in total. The van der Waals surface area contributed by atoms with Crippen LogP contribution >= 0.6 is 0 Å². The summed E-state index contributed by atoms with van der Waals surface area (Å²) in [4.78, 5) is 53.1. The van der Waals surface area contributed by atoms with Gasteiger partial charge in [-0.05, 0) is 56.3 Å². The van der Waals surface area contributed by atoms with Crippen molar-refractivity contribution in [2.75, 3.05) is 13.1 Å². The van der Waals surface area contributed by atoms with Gasteiger partial charge in [0.05, 0.1) is 0 Å². The Bertz CT molecular complexity index is 1030. The van der Waals surface area contributed by atoms with Crippen LogP contribution in [0.1, 0.15) is 48.0 Å². The first kappa shape index (κ1) is 26.9. The van der Waals surface area contributed by atoms with E-state index < -0.39 is 29.9 Å². The second-order valence-electron chi connectivity index (χ2n) is 9.02. The van der Waals surface area contributed by atoms with Crippen LogP contribution in [-0.2, 0) is 20.8 Å². The highest BCUT2D eigenvalue weighted by atomic mass is 16.2. The van der Waals surface area contributed by atoms with Crippen molar-refractivity contribution < 1.29 is 19.2 Å². The van der Waals surface area contributed by atoms with E-state index in [9.17, 15) is 19.2 Å². The lowest BCUT2D eigenvalue weighted by Gasteiger charge is -2.29. The van der Waals surface area contributed by atoms with Crippen molar-refractivity contribution >= 4 is 23.6 Å². The van der Waals surface area contributed by atoms with Crippen LogP contribution in [0.5, 0.6) is 0 Å². The van der Waals surface area contributed by atoms with Gasteiger partial charge in [-0.25, -0.2) is 0 Å². The molecule has 0 saturated carbocycles. The molecule has 4 amide bonds. The molecular weight excluding hydrogens is 458 g/mol. The second kappa shape index (κ2) is 13.4. The Balaban J connectivity index is 1.79. The fourth-order valence-corrected chi connectivity index (χ4v) is 4.44. The Kier molecular flexibility index (Phi) is 10.00. The maximum Gasteiger partial charge on any atom is 0.251 e. The summed E-state index contributed by atoms with van der Waals surface area (Å²) in [5, 5.41) is 5.67. The Morgan fingerprint density at radius 3 is 2.22 bits per heavy atom. The van der Waals surface area contributed by atoms with E-state index >= 15 is 0 Å². The monoisotopic (exact) mass is 493 g/mol. The van der Waals surface area contributed by atoms with E-state index in [1.807, 2.05) is 30.3 Å². The van der Waals surface area contributed by atoms with Crippen molar-refractivity contribution in [1.29, 1.82) is 0 Å². The van der Waals surface area contributed by atoms with Crippen LogP contribution < -0.4 is 22.1 Å². The van der Waals surface area contributed by atoms with E-state index in [4.69, 9.17) is 11.5 Å². The van der Waals surface area contributed by atoms with E-state index in [-0.39, 0.29) is 18.2 Å². The van der Waals surface area contributed by atoms with Crippen LogP contribution in [0.4, 0.5) is 0 Å². The standard InChI is InChI=1S/C27H35N5O4/c28-16-8-7-14-21(27(36)32-17-9-15-23(32)24(29)33)30-26(35)22(18-19-10-3-1-4-11-19)31-25(34)20-12-5-2-6-13-20/h1-6,10-13,21-23H,7-9,14-18,28H2,(H2,29,33)(H,30,35)(H,31,34)/t21-,22-,23+/m0/s1. The number of hydrogen-bond acceptors (Lipinski definition) is 5. The largest absolute Gasteiger partial charge is 0.368 e. The lowest BCUT2D eigenvalue weighted by molar-refractivity contribution is -0.141. The molecule has 1 aliphatic heterocycles. The Morgan fingerprint density at radius 1 is 0.917 bits per heavy atom. The molecule has 0 spiro atoms. The minimum absolute atomic E-state index is 0.253. The smallest absolute Gasteiger partial charge is 0.251 e. The lowest BCUT2D eigenvalue weighted by atomic mass is 10.0. The third kappa shape index (κ3) is 7.39. The predicted octanol–water partition coefficient (Wildman–Crippen LogP) is 1.12. The van der Waals surface area contributed by atoms with Crippen LogP contribution in [0.3, 0.4) is 0 Å². The molecule has 192 valence electrons. The average Bonchev–Trinajstić information content (AvgIpc) is 3.39. The molecule has 0 aliphatic carbocycles. The normalized spacial score (nSPS) is 16.7. The van der Waals surface area contributed by atoms with E-state index in [0.717, 1.165) is 5.56 Å². The minimum Gasteiger partial charge on any atom is -0.368 e. The molecule has 0 aromatic heterocycles. The number of carbonyl (C=O) groups is 4. The van der Waals surface area contributed by atoms with Gasteiger partial charge in [0, 0.05) is 18.5 Å². The van der Waals surface area contributed by atoms with Gasteiger partial charge in [0.2, 0.25) is 17.7 Å². The van der Waals surface area contributed by atoms with E-state index in [1.54, 1.807) is 30.3 Å². The molecule has 36 heavy (non-hydrogen) atoms. The Morgan fingerprint density at radius 2 is 1.58 bits per heavy atom. The number of likely N-dealkylation sites (tertiary alicyclic amines) is 1. The van der Waals surface area contributed by atoms with Gasteiger partial charge >= 0.3 is 0 Å². The molecule has 2 aromatic carbocycles. The highest BCUT2D eigenvalue weighted by molar-refractivity contribution is 5.98. The summed E-state index contributed by atoms with van der Waals surface area (Å²) in [7, 11) is 0. The van der Waals surface area contributed by atoms with E-state index in [0.29, 0.717) is 50.8 Å². The Labute approximate surface area is 211 Å². The topological polar surface area (TPSA) is 148 Å². The second-order valence-corrected chi connectivity index (χ2v) is 9.02. The predicted molar refractivity (Wildman–Crippen MR) is 137 cm³/mol. The molecule has 0 unspecified atom stereocenters. The third-order valence-corrected chi connectivity index (χ3v) is 6.37. The molecule has 1 aliphatic rings. The summed E-state index contributed by atoms with van der Waals surface area (Å²) in [6.45, 7) is 0.875. The maximum atomic E-state index is 13.5. The number of rotatable bonds is 12. The van der Waals surface area contributed by atoms with E-state index in [2.05, 4.69) is 10.6 Å². The first-order valence-electron chi connectivity index (χ1n) is 12.4. The van der Waals surface area contributed by atoms with Crippen LogP contribution in [0.15, 0.2) is 60.7 Å². The number of amides is 4. The van der Waals surface area contributed by atoms with Gasteiger partial charge in [0.15, 0.2) is 0 Å². The zero-order valence-corrected chi connectivity index (χ0v) is 20.4. The average molecular weight is 494 g/mol. The first-order valence-corrected chi connectivity index (χ1v) is 12.4. The molecule has 6 N–H and O–H groups in total. The zero-order valence-electron chi connectivity index (χ0n) is 20.4. The van der Waals surface area contributed by atoms with Crippen molar-refractivity contribution in [3.05, 3.63) is 71.8 Å². The number of benzene rings is 2. The van der Waals surface area contributed by atoms with Crippen molar-refractivity contribution in [2.24, 2.45) is 11.5 Å². The number of primary amides is 1. The fraction of sp³-hybridized carbons (Fsp3) is 0.407. The first-order chi connectivity index (χ1) is 17.4. The molecule has 0 radical (unpaired) electrons. The molecule has 9 heteroatoms. The molecular formula is C27H35N5O4. The van der Waals surface area contributed by atoms with Crippen molar-refractivity contribution in [2.45, 2.75) is 56.7 Å². The molecule has 3 rings (SSSR count). The quantitative estimate of drug-likeness (QED) is 0.327. The van der Waals surface area contributed by atoms with Crippen LogP contribution in [0.25, 0.3) is 0 Å². The molecule has 0 bridgehead atoms. The van der Waals surface area contributed by atoms with Gasteiger partial charge in [-0.1, -0.05) is 48.5 Å². The van der Waals surface area contributed by atoms with E-state index in [1.165, 1.54) is 4.90 Å². The van der Waals surface area contributed by atoms with Crippen LogP contribution in [0, 0.1) is 0 Å². The number of hydrogen-bond donors (Lipinski definition) is 4. The van der Waals surface area contributed by atoms with Gasteiger partial charge in [-0.15, -0.1) is 0 Å². The third-order valence-electron chi connectivity index (χ3n) is 6.37. The number of nitrogens with zero attached hydrogens (tertiary/aromatic N) is 1. The summed E-state index contributed by atoms with van der Waals surface area (Å²) in [6, 6.07) is 15.6.